The predicted octanol–water partition coefficient (Wildman–Crippen LogP) is 4.64. The zero-order valence-electron chi connectivity index (χ0n) is 32.8. The van der Waals surface area contributed by atoms with Crippen LogP contribution in [-0.4, -0.2) is 74.0 Å². The molecule has 0 radical (unpaired) electrons. The maximum Gasteiger partial charge on any atom is 0.221 e. The third kappa shape index (κ3) is 14.7. The van der Waals surface area contributed by atoms with Crippen LogP contribution < -0.4 is 42.5 Å². The molecule has 1 saturated heterocycles. The number of anilines is 4. The Hall–Kier alpha value is -5.40. The van der Waals surface area contributed by atoms with E-state index in [2.05, 4.69) is 91.1 Å². The van der Waals surface area contributed by atoms with Crippen molar-refractivity contribution in [3.05, 3.63) is 119 Å². The molecule has 12 heteroatoms. The summed E-state index contributed by atoms with van der Waals surface area (Å²) >= 11 is 0. The van der Waals surface area contributed by atoms with Crippen molar-refractivity contribution < 1.29 is 19.2 Å². The van der Waals surface area contributed by atoms with Crippen molar-refractivity contribution in [3.8, 4) is 0 Å². The molecule has 5 rings (SSSR count). The number of hydrogen-bond acceptors (Lipinski definition) is 8. The molecule has 4 aromatic carbocycles. The SMILES string of the molecule is CC(=O)Nc1ccc(C[C@H]2CN[C@@H](Cc3ccc(NC(C)=O)cc3)CN[C@@H](Cc3ccc(NC(C)=O)cc3)CN[C@@H](Cc3ccc(NC(C)=O)cc3)CN2)cc1. The molecule has 4 aromatic rings. The number of amides is 4. The number of benzene rings is 4. The van der Waals surface area contributed by atoms with E-state index in [1.165, 1.54) is 27.7 Å². The maximum absolute atomic E-state index is 11.6. The third-order valence-corrected chi connectivity index (χ3v) is 9.64. The molecule has 1 fully saturated rings. The standard InChI is InChI=1S/C44H56N8O4/c1-29(53)49-37-13-5-33(6-14-37)21-41-25-46-43(23-35-9-17-39(18-10-35)51-31(3)55)27-48-44(24-36-11-19-40(20-12-36)52-32(4)56)28-47-42(26-45-41)22-34-7-15-38(16-8-34)50-30(2)54/h5-20,41-48H,21-28H2,1-4H3,(H,49,53)(H,50,54)(H,51,55)(H,52,56)/t41-,42-,43-,44-/m0/s1. The van der Waals surface area contributed by atoms with Crippen LogP contribution in [0.15, 0.2) is 97.1 Å². The van der Waals surface area contributed by atoms with E-state index in [9.17, 15) is 19.2 Å². The van der Waals surface area contributed by atoms with Crippen molar-refractivity contribution in [3.63, 3.8) is 0 Å². The fourth-order valence-corrected chi connectivity index (χ4v) is 6.95. The Morgan fingerprint density at radius 1 is 0.375 bits per heavy atom. The molecular formula is C44H56N8O4. The summed E-state index contributed by atoms with van der Waals surface area (Å²) < 4.78 is 0. The van der Waals surface area contributed by atoms with Gasteiger partial charge >= 0.3 is 0 Å². The topological polar surface area (TPSA) is 165 Å². The summed E-state index contributed by atoms with van der Waals surface area (Å²) in [6.45, 7) is 8.91. The Bertz CT molecular complexity index is 1590. The lowest BCUT2D eigenvalue weighted by Crippen LogP contribution is -2.55. The first-order chi connectivity index (χ1) is 26.9. The van der Waals surface area contributed by atoms with Gasteiger partial charge in [0, 0.05) is 101 Å². The molecule has 0 aromatic heterocycles. The molecule has 1 heterocycles. The summed E-state index contributed by atoms with van der Waals surface area (Å²) in [7, 11) is 0. The van der Waals surface area contributed by atoms with Crippen molar-refractivity contribution in [2.45, 2.75) is 77.5 Å². The zero-order valence-corrected chi connectivity index (χ0v) is 32.8. The maximum atomic E-state index is 11.6. The van der Waals surface area contributed by atoms with Crippen LogP contribution in [0.2, 0.25) is 0 Å². The lowest BCUT2D eigenvalue weighted by atomic mass is 9.99. The molecular weight excluding hydrogens is 705 g/mol. The first-order valence-electron chi connectivity index (χ1n) is 19.4. The summed E-state index contributed by atoms with van der Waals surface area (Å²) in [6, 6.07) is 32.5. The molecule has 0 aliphatic carbocycles. The van der Waals surface area contributed by atoms with E-state index in [0.717, 1.165) is 96.9 Å². The summed E-state index contributed by atoms with van der Waals surface area (Å²) in [6.07, 6.45) is 3.14. The van der Waals surface area contributed by atoms with E-state index in [1.807, 2.05) is 48.5 Å². The number of carbonyl (C=O) groups excluding carboxylic acids is 4. The summed E-state index contributed by atoms with van der Waals surface area (Å²) in [5.74, 6) is -0.397. The molecule has 12 nitrogen and oxygen atoms in total. The Morgan fingerprint density at radius 2 is 0.554 bits per heavy atom. The molecule has 8 N–H and O–H groups in total. The monoisotopic (exact) mass is 760 g/mol. The highest BCUT2D eigenvalue weighted by Crippen LogP contribution is 2.16. The highest BCUT2D eigenvalue weighted by molar-refractivity contribution is 5.90. The van der Waals surface area contributed by atoms with Crippen LogP contribution in [-0.2, 0) is 44.9 Å². The second-order valence-corrected chi connectivity index (χ2v) is 14.7. The summed E-state index contributed by atoms with van der Waals surface area (Å²) in [4.78, 5) is 46.4. The van der Waals surface area contributed by atoms with Crippen molar-refractivity contribution in [2.75, 3.05) is 47.4 Å². The van der Waals surface area contributed by atoms with E-state index in [0.29, 0.717) is 0 Å². The minimum absolute atomic E-state index is 0.0993. The van der Waals surface area contributed by atoms with Crippen LogP contribution >= 0.6 is 0 Å². The van der Waals surface area contributed by atoms with Gasteiger partial charge in [0.25, 0.3) is 0 Å². The molecule has 1 aliphatic rings. The molecule has 0 saturated carbocycles. The predicted molar refractivity (Wildman–Crippen MR) is 225 cm³/mol. The highest BCUT2D eigenvalue weighted by atomic mass is 16.2. The Morgan fingerprint density at radius 3 is 0.714 bits per heavy atom. The quantitative estimate of drug-likeness (QED) is 0.104. The van der Waals surface area contributed by atoms with Crippen LogP contribution in [0.25, 0.3) is 0 Å². The van der Waals surface area contributed by atoms with E-state index >= 15 is 0 Å². The lowest BCUT2D eigenvalue weighted by Gasteiger charge is -2.31. The molecule has 4 amide bonds. The number of nitrogens with one attached hydrogen (secondary N) is 8. The van der Waals surface area contributed by atoms with Gasteiger partial charge in [0.15, 0.2) is 0 Å². The van der Waals surface area contributed by atoms with Gasteiger partial charge in [-0.3, -0.25) is 19.2 Å². The van der Waals surface area contributed by atoms with Gasteiger partial charge in [-0.15, -0.1) is 0 Å². The van der Waals surface area contributed by atoms with Crippen LogP contribution in [0.3, 0.4) is 0 Å². The first kappa shape index (κ1) is 41.8. The minimum Gasteiger partial charge on any atom is -0.326 e. The molecule has 4 atom stereocenters. The van der Waals surface area contributed by atoms with Crippen LogP contribution in [0, 0.1) is 0 Å². The molecule has 56 heavy (non-hydrogen) atoms. The molecule has 1 aliphatic heterocycles. The van der Waals surface area contributed by atoms with Crippen molar-refractivity contribution in [1.82, 2.24) is 21.3 Å². The third-order valence-electron chi connectivity index (χ3n) is 9.64. The van der Waals surface area contributed by atoms with Gasteiger partial charge in [0.1, 0.15) is 0 Å². The fraction of sp³-hybridized carbons (Fsp3) is 0.364. The number of hydrogen-bond donors (Lipinski definition) is 8. The average molecular weight is 761 g/mol. The number of rotatable bonds is 12. The molecule has 0 spiro atoms. The second kappa shape index (κ2) is 21.1. The lowest BCUT2D eigenvalue weighted by molar-refractivity contribution is -0.115. The largest absolute Gasteiger partial charge is 0.326 e. The van der Waals surface area contributed by atoms with Crippen LogP contribution in [0.1, 0.15) is 49.9 Å². The van der Waals surface area contributed by atoms with Crippen molar-refractivity contribution >= 4 is 46.4 Å². The summed E-state index contributed by atoms with van der Waals surface area (Å²) in [5, 5.41) is 27.0. The van der Waals surface area contributed by atoms with Crippen LogP contribution in [0.4, 0.5) is 22.7 Å². The van der Waals surface area contributed by atoms with E-state index in [-0.39, 0.29) is 47.8 Å². The number of carbonyl (C=O) groups is 4. The Balaban J connectivity index is 1.37. The van der Waals surface area contributed by atoms with E-state index < -0.39 is 0 Å². The normalized spacial score (nSPS) is 19.1. The Kier molecular flexibility index (Phi) is 15.7. The minimum atomic E-state index is -0.0993. The van der Waals surface area contributed by atoms with Gasteiger partial charge in [-0.2, -0.15) is 0 Å². The average Bonchev–Trinajstić information content (AvgIpc) is 3.14. The van der Waals surface area contributed by atoms with Gasteiger partial charge < -0.3 is 42.5 Å². The van der Waals surface area contributed by atoms with Gasteiger partial charge in [0.05, 0.1) is 0 Å². The van der Waals surface area contributed by atoms with Crippen LogP contribution in [0.5, 0.6) is 0 Å². The smallest absolute Gasteiger partial charge is 0.221 e. The molecule has 0 unspecified atom stereocenters. The van der Waals surface area contributed by atoms with E-state index in [4.69, 9.17) is 0 Å². The molecule has 296 valence electrons. The first-order valence-corrected chi connectivity index (χ1v) is 19.4. The van der Waals surface area contributed by atoms with Crippen molar-refractivity contribution in [2.24, 2.45) is 0 Å². The Labute approximate surface area is 330 Å². The molecule has 0 bridgehead atoms. The zero-order chi connectivity index (χ0) is 39.9. The second-order valence-electron chi connectivity index (χ2n) is 14.7. The van der Waals surface area contributed by atoms with E-state index in [1.54, 1.807) is 0 Å². The van der Waals surface area contributed by atoms with Gasteiger partial charge in [-0.05, 0) is 96.5 Å². The summed E-state index contributed by atoms with van der Waals surface area (Å²) in [5.41, 5.74) is 7.74. The van der Waals surface area contributed by atoms with Gasteiger partial charge in [-0.25, -0.2) is 0 Å². The van der Waals surface area contributed by atoms with Gasteiger partial charge in [-0.1, -0.05) is 48.5 Å². The fourth-order valence-electron chi connectivity index (χ4n) is 6.95. The highest BCUT2D eigenvalue weighted by Gasteiger charge is 2.21. The van der Waals surface area contributed by atoms with Gasteiger partial charge in [0.2, 0.25) is 23.6 Å². The van der Waals surface area contributed by atoms with Crippen molar-refractivity contribution in [1.29, 1.82) is 0 Å².